The number of hydrogen-bond donors (Lipinski definition) is 3. The lowest BCUT2D eigenvalue weighted by molar-refractivity contribution is 0.1000. The number of primary amides is 1. The fraction of sp³-hybridized carbons (Fsp3) is 0.391. The molecule has 0 unspecified atom stereocenters. The maximum Gasteiger partial charge on any atom is 0.248 e. The summed E-state index contributed by atoms with van der Waals surface area (Å²) >= 11 is 0. The molecule has 1 aliphatic rings. The SMILES string of the molecule is CCNC(=NCc1cccc(C(N)=O)c1)NC1CCN(Cc2ccccc2)CC1.I. The second-order valence-electron chi connectivity index (χ2n) is 7.44. The van der Waals surface area contributed by atoms with Crippen LogP contribution < -0.4 is 16.4 Å². The van der Waals surface area contributed by atoms with Crippen molar-refractivity contribution in [1.29, 1.82) is 0 Å². The first-order chi connectivity index (χ1) is 14.1. The highest BCUT2D eigenvalue weighted by Gasteiger charge is 2.20. The van der Waals surface area contributed by atoms with Gasteiger partial charge in [-0.3, -0.25) is 9.69 Å². The molecule has 7 heteroatoms. The Morgan fingerprint density at radius 2 is 1.80 bits per heavy atom. The lowest BCUT2D eigenvalue weighted by atomic mass is 10.0. The predicted octanol–water partition coefficient (Wildman–Crippen LogP) is 3.12. The molecule has 1 heterocycles. The van der Waals surface area contributed by atoms with E-state index >= 15 is 0 Å². The molecule has 0 atom stereocenters. The average Bonchev–Trinajstić information content (AvgIpc) is 2.74. The molecule has 0 spiro atoms. The zero-order valence-corrected chi connectivity index (χ0v) is 19.8. The molecule has 1 aliphatic heterocycles. The van der Waals surface area contributed by atoms with Crippen molar-refractivity contribution in [2.75, 3.05) is 19.6 Å². The highest BCUT2D eigenvalue weighted by atomic mass is 127. The van der Waals surface area contributed by atoms with E-state index in [0.29, 0.717) is 18.2 Å². The molecule has 162 valence electrons. The van der Waals surface area contributed by atoms with Crippen LogP contribution in [0.2, 0.25) is 0 Å². The largest absolute Gasteiger partial charge is 0.366 e. The minimum Gasteiger partial charge on any atom is -0.366 e. The van der Waals surface area contributed by atoms with E-state index in [9.17, 15) is 4.79 Å². The molecule has 0 aliphatic carbocycles. The molecule has 2 aromatic rings. The number of carbonyl (C=O) groups excluding carboxylic acids is 1. The minimum atomic E-state index is -0.414. The molecule has 1 amide bonds. The van der Waals surface area contributed by atoms with Gasteiger partial charge in [0.15, 0.2) is 5.96 Å². The third-order valence-electron chi connectivity index (χ3n) is 5.15. The van der Waals surface area contributed by atoms with Gasteiger partial charge < -0.3 is 16.4 Å². The molecule has 1 fully saturated rings. The van der Waals surface area contributed by atoms with Crippen molar-refractivity contribution in [2.45, 2.75) is 38.9 Å². The van der Waals surface area contributed by atoms with E-state index in [1.54, 1.807) is 12.1 Å². The number of carbonyl (C=O) groups is 1. The summed E-state index contributed by atoms with van der Waals surface area (Å²) < 4.78 is 0. The summed E-state index contributed by atoms with van der Waals surface area (Å²) in [4.78, 5) is 18.6. The fourth-order valence-electron chi connectivity index (χ4n) is 3.58. The molecule has 0 saturated carbocycles. The molecule has 2 aromatic carbocycles. The number of benzene rings is 2. The Labute approximate surface area is 196 Å². The number of halogens is 1. The van der Waals surface area contributed by atoms with Crippen LogP contribution in [0.1, 0.15) is 41.3 Å². The zero-order chi connectivity index (χ0) is 20.5. The van der Waals surface area contributed by atoms with Gasteiger partial charge in [-0.15, -0.1) is 24.0 Å². The Morgan fingerprint density at radius 1 is 1.10 bits per heavy atom. The maximum atomic E-state index is 11.4. The Kier molecular flexibility index (Phi) is 10.1. The topological polar surface area (TPSA) is 82.7 Å². The van der Waals surface area contributed by atoms with Gasteiger partial charge in [0.2, 0.25) is 5.91 Å². The Bertz CT molecular complexity index is 819. The first kappa shape index (κ1) is 24.1. The van der Waals surface area contributed by atoms with Crippen LogP contribution in [0.15, 0.2) is 59.6 Å². The van der Waals surface area contributed by atoms with Gasteiger partial charge in [-0.1, -0.05) is 42.5 Å². The number of guanidine groups is 1. The van der Waals surface area contributed by atoms with Crippen molar-refractivity contribution < 1.29 is 4.79 Å². The van der Waals surface area contributed by atoms with Gasteiger partial charge in [0, 0.05) is 37.8 Å². The number of amides is 1. The molecular formula is C23H32IN5O. The van der Waals surface area contributed by atoms with Crippen LogP contribution in [0, 0.1) is 0 Å². The van der Waals surface area contributed by atoms with Crippen LogP contribution in [-0.4, -0.2) is 42.4 Å². The van der Waals surface area contributed by atoms with E-state index in [1.165, 1.54) is 5.56 Å². The number of nitrogens with zero attached hydrogens (tertiary/aromatic N) is 2. The molecule has 3 rings (SSSR count). The summed E-state index contributed by atoms with van der Waals surface area (Å²) in [6, 6.07) is 18.4. The van der Waals surface area contributed by atoms with E-state index in [2.05, 4.69) is 52.8 Å². The fourth-order valence-corrected chi connectivity index (χ4v) is 3.58. The highest BCUT2D eigenvalue weighted by molar-refractivity contribution is 14.0. The summed E-state index contributed by atoms with van der Waals surface area (Å²) in [5.74, 6) is 0.404. The monoisotopic (exact) mass is 521 g/mol. The second-order valence-corrected chi connectivity index (χ2v) is 7.44. The van der Waals surface area contributed by atoms with E-state index in [0.717, 1.165) is 50.5 Å². The van der Waals surface area contributed by atoms with Crippen LogP contribution in [0.3, 0.4) is 0 Å². The summed E-state index contributed by atoms with van der Waals surface area (Å²) in [5, 5.41) is 6.89. The smallest absolute Gasteiger partial charge is 0.248 e. The first-order valence-corrected chi connectivity index (χ1v) is 10.3. The number of hydrogen-bond acceptors (Lipinski definition) is 3. The normalized spacial score (nSPS) is 15.3. The summed E-state index contributed by atoms with van der Waals surface area (Å²) in [6.07, 6.45) is 2.18. The third kappa shape index (κ3) is 7.60. The van der Waals surface area contributed by atoms with Gasteiger partial charge in [-0.2, -0.15) is 0 Å². The van der Waals surface area contributed by atoms with Gasteiger partial charge in [-0.05, 0) is 43.0 Å². The van der Waals surface area contributed by atoms with E-state index < -0.39 is 5.91 Å². The standard InChI is InChI=1S/C23H31N5O.HI/c1-2-25-23(26-16-19-9-6-10-20(15-19)22(24)29)27-21-11-13-28(14-12-21)17-18-7-4-3-5-8-18;/h3-10,15,21H,2,11-14,16-17H2,1H3,(H2,24,29)(H2,25,26,27);1H. The Balaban J connectivity index is 0.00000320. The highest BCUT2D eigenvalue weighted by Crippen LogP contribution is 2.14. The second kappa shape index (κ2) is 12.5. The molecule has 0 aromatic heterocycles. The lowest BCUT2D eigenvalue weighted by Crippen LogP contribution is -2.48. The molecular weight excluding hydrogens is 489 g/mol. The molecule has 4 N–H and O–H groups in total. The van der Waals surface area contributed by atoms with E-state index in [4.69, 9.17) is 10.7 Å². The summed E-state index contributed by atoms with van der Waals surface area (Å²) in [7, 11) is 0. The van der Waals surface area contributed by atoms with Crippen LogP contribution in [0.25, 0.3) is 0 Å². The summed E-state index contributed by atoms with van der Waals surface area (Å²) in [5.41, 5.74) is 8.22. The lowest BCUT2D eigenvalue weighted by Gasteiger charge is -2.33. The van der Waals surface area contributed by atoms with Crippen LogP contribution >= 0.6 is 24.0 Å². The van der Waals surface area contributed by atoms with Gasteiger partial charge in [0.05, 0.1) is 6.54 Å². The number of rotatable bonds is 7. The predicted molar refractivity (Wildman–Crippen MR) is 133 cm³/mol. The van der Waals surface area contributed by atoms with E-state index in [-0.39, 0.29) is 24.0 Å². The molecule has 0 radical (unpaired) electrons. The van der Waals surface area contributed by atoms with Gasteiger partial charge >= 0.3 is 0 Å². The van der Waals surface area contributed by atoms with Crippen molar-refractivity contribution in [3.8, 4) is 0 Å². The van der Waals surface area contributed by atoms with Crippen molar-refractivity contribution in [3.05, 3.63) is 71.3 Å². The molecule has 30 heavy (non-hydrogen) atoms. The molecule has 0 bridgehead atoms. The Morgan fingerprint density at radius 3 is 2.47 bits per heavy atom. The van der Waals surface area contributed by atoms with Crippen molar-refractivity contribution in [3.63, 3.8) is 0 Å². The number of nitrogens with one attached hydrogen (secondary N) is 2. The van der Waals surface area contributed by atoms with E-state index in [1.807, 2.05) is 12.1 Å². The van der Waals surface area contributed by atoms with Crippen LogP contribution in [-0.2, 0) is 13.1 Å². The summed E-state index contributed by atoms with van der Waals surface area (Å²) in [6.45, 7) is 6.54. The first-order valence-electron chi connectivity index (χ1n) is 10.3. The van der Waals surface area contributed by atoms with Gasteiger partial charge in [0.1, 0.15) is 0 Å². The van der Waals surface area contributed by atoms with Crippen molar-refractivity contribution in [2.24, 2.45) is 10.7 Å². The number of nitrogens with two attached hydrogens (primary N) is 1. The van der Waals surface area contributed by atoms with Gasteiger partial charge in [-0.25, -0.2) is 4.99 Å². The maximum absolute atomic E-state index is 11.4. The van der Waals surface area contributed by atoms with Crippen molar-refractivity contribution in [1.82, 2.24) is 15.5 Å². The molecule has 1 saturated heterocycles. The third-order valence-corrected chi connectivity index (χ3v) is 5.15. The number of piperidine rings is 1. The number of likely N-dealkylation sites (tertiary alicyclic amines) is 1. The van der Waals surface area contributed by atoms with Crippen LogP contribution in [0.4, 0.5) is 0 Å². The van der Waals surface area contributed by atoms with Crippen molar-refractivity contribution >= 4 is 35.8 Å². The average molecular weight is 521 g/mol. The molecule has 6 nitrogen and oxygen atoms in total. The Hall–Kier alpha value is -2.13. The van der Waals surface area contributed by atoms with Gasteiger partial charge in [0.25, 0.3) is 0 Å². The zero-order valence-electron chi connectivity index (χ0n) is 17.5. The van der Waals surface area contributed by atoms with Crippen LogP contribution in [0.5, 0.6) is 0 Å². The minimum absolute atomic E-state index is 0. The quantitative estimate of drug-likeness (QED) is 0.297. The number of aliphatic imine (C=N–C) groups is 1.